The van der Waals surface area contributed by atoms with Gasteiger partial charge in [0.15, 0.2) is 0 Å². The zero-order chi connectivity index (χ0) is 16.3. The largest absolute Gasteiger partial charge is 0.314 e. The number of hydrogen-bond acceptors (Lipinski definition) is 3. The van der Waals surface area contributed by atoms with E-state index in [1.807, 2.05) is 0 Å². The summed E-state index contributed by atoms with van der Waals surface area (Å²) in [7, 11) is -2.21. The third-order valence-electron chi connectivity index (χ3n) is 3.09. The molecule has 0 radical (unpaired) electrons. The smallest absolute Gasteiger partial charge is 0.262 e. The lowest BCUT2D eigenvalue weighted by atomic mass is 10.2. The molecule has 2 aromatic rings. The normalized spacial score (nSPS) is 11.0. The molecule has 0 bridgehead atoms. The Morgan fingerprint density at radius 1 is 1.14 bits per heavy atom. The van der Waals surface area contributed by atoms with Gasteiger partial charge in [0.05, 0.1) is 16.3 Å². The fraction of sp³-hybridized carbons (Fsp3) is 0.133. The first-order chi connectivity index (χ1) is 10.3. The molecule has 0 atom stereocenters. The average molecular weight is 339 g/mol. The fourth-order valence-electron chi connectivity index (χ4n) is 1.86. The van der Waals surface area contributed by atoms with Gasteiger partial charge >= 0.3 is 0 Å². The second-order valence-corrected chi connectivity index (χ2v) is 6.78. The molecule has 0 heterocycles. The summed E-state index contributed by atoms with van der Waals surface area (Å²) in [5.41, 5.74) is 0.792. The quantitative estimate of drug-likeness (QED) is 0.931. The molecule has 0 fully saturated rings. The summed E-state index contributed by atoms with van der Waals surface area (Å²) >= 11 is 5.83. The molecule has 2 aromatic carbocycles. The summed E-state index contributed by atoms with van der Waals surface area (Å²) in [6.07, 6.45) is 0. The van der Waals surface area contributed by atoms with E-state index in [0.29, 0.717) is 16.4 Å². The number of rotatable bonds is 4. The van der Waals surface area contributed by atoms with Crippen LogP contribution >= 0.6 is 11.6 Å². The second-order valence-electron chi connectivity index (χ2n) is 4.66. The van der Waals surface area contributed by atoms with Crippen molar-refractivity contribution in [2.24, 2.45) is 0 Å². The van der Waals surface area contributed by atoms with Crippen molar-refractivity contribution in [1.29, 1.82) is 0 Å². The summed E-state index contributed by atoms with van der Waals surface area (Å²) in [5, 5.41) is 0.331. The standard InChI is InChI=1S/C15H15ClN2O3S/c1-11(19)18(2)15-9-4-3-8-14(15)17-22(20,21)13-7-5-6-12(16)10-13/h3-10,17H,1-2H3. The highest BCUT2D eigenvalue weighted by molar-refractivity contribution is 7.92. The molecule has 0 unspecified atom stereocenters. The lowest BCUT2D eigenvalue weighted by Crippen LogP contribution is -2.25. The van der Waals surface area contributed by atoms with Crippen molar-refractivity contribution < 1.29 is 13.2 Å². The van der Waals surface area contributed by atoms with Crippen molar-refractivity contribution in [2.75, 3.05) is 16.7 Å². The van der Waals surface area contributed by atoms with Gasteiger partial charge in [-0.25, -0.2) is 8.42 Å². The molecule has 0 aliphatic carbocycles. The summed E-state index contributed by atoms with van der Waals surface area (Å²) in [4.78, 5) is 12.9. The van der Waals surface area contributed by atoms with Crippen molar-refractivity contribution >= 4 is 38.9 Å². The van der Waals surface area contributed by atoms with Crippen molar-refractivity contribution in [2.45, 2.75) is 11.8 Å². The Kier molecular flexibility index (Phi) is 4.73. The Morgan fingerprint density at radius 2 is 1.82 bits per heavy atom. The molecule has 5 nitrogen and oxygen atoms in total. The number of hydrogen-bond donors (Lipinski definition) is 1. The molecule has 1 N–H and O–H groups in total. The zero-order valence-electron chi connectivity index (χ0n) is 12.1. The molecule has 0 saturated heterocycles. The number of nitrogens with zero attached hydrogens (tertiary/aromatic N) is 1. The second kappa shape index (κ2) is 6.37. The molecule has 1 amide bonds. The minimum atomic E-state index is -3.79. The van der Waals surface area contributed by atoms with Crippen LogP contribution in [-0.2, 0) is 14.8 Å². The average Bonchev–Trinajstić information content (AvgIpc) is 2.46. The molecule has 0 spiro atoms. The van der Waals surface area contributed by atoms with Gasteiger partial charge in [-0.05, 0) is 30.3 Å². The Bertz CT molecular complexity index is 806. The Morgan fingerprint density at radius 3 is 2.45 bits per heavy atom. The predicted octanol–water partition coefficient (Wildman–Crippen LogP) is 3.12. The minimum absolute atomic E-state index is 0.0558. The van der Waals surface area contributed by atoms with E-state index in [2.05, 4.69) is 4.72 Å². The van der Waals surface area contributed by atoms with E-state index >= 15 is 0 Å². The number of amides is 1. The maximum atomic E-state index is 12.4. The SMILES string of the molecule is CC(=O)N(C)c1ccccc1NS(=O)(=O)c1cccc(Cl)c1. The van der Waals surface area contributed by atoms with E-state index in [9.17, 15) is 13.2 Å². The highest BCUT2D eigenvalue weighted by atomic mass is 35.5. The van der Waals surface area contributed by atoms with Crippen molar-refractivity contribution in [3.8, 4) is 0 Å². The van der Waals surface area contributed by atoms with Gasteiger partial charge in [0.1, 0.15) is 0 Å². The number of anilines is 2. The van der Waals surface area contributed by atoms with Gasteiger partial charge in [0.2, 0.25) is 5.91 Å². The molecule has 2 rings (SSSR count). The van der Waals surface area contributed by atoms with Crippen LogP contribution in [0.3, 0.4) is 0 Å². The van der Waals surface area contributed by atoms with Crippen LogP contribution in [0.2, 0.25) is 5.02 Å². The summed E-state index contributed by atoms with van der Waals surface area (Å²) in [5.74, 6) is -0.200. The number of nitrogens with one attached hydrogen (secondary N) is 1. The minimum Gasteiger partial charge on any atom is -0.314 e. The van der Waals surface area contributed by atoms with Crippen LogP contribution < -0.4 is 9.62 Å². The number of halogens is 1. The van der Waals surface area contributed by atoms with Crippen LogP contribution in [0.25, 0.3) is 0 Å². The first-order valence-corrected chi connectivity index (χ1v) is 8.29. The molecule has 116 valence electrons. The summed E-state index contributed by atoms with van der Waals surface area (Å²) < 4.78 is 27.3. The van der Waals surface area contributed by atoms with Crippen LogP contribution in [0.15, 0.2) is 53.4 Å². The van der Waals surface area contributed by atoms with Gasteiger partial charge in [0.25, 0.3) is 10.0 Å². The van der Waals surface area contributed by atoms with Crippen molar-refractivity contribution in [1.82, 2.24) is 0 Å². The van der Waals surface area contributed by atoms with Gasteiger partial charge in [-0.2, -0.15) is 0 Å². The van der Waals surface area contributed by atoms with E-state index in [4.69, 9.17) is 11.6 Å². The van der Waals surface area contributed by atoms with Gasteiger partial charge < -0.3 is 4.90 Å². The summed E-state index contributed by atoms with van der Waals surface area (Å²) in [6, 6.07) is 12.6. The van der Waals surface area contributed by atoms with Gasteiger partial charge in [-0.15, -0.1) is 0 Å². The van der Waals surface area contributed by atoms with Gasteiger partial charge in [-0.1, -0.05) is 29.8 Å². The number of benzene rings is 2. The first-order valence-electron chi connectivity index (χ1n) is 6.43. The molecule has 0 aliphatic heterocycles. The molecule has 0 aliphatic rings. The highest BCUT2D eigenvalue weighted by Gasteiger charge is 2.18. The topological polar surface area (TPSA) is 66.5 Å². The van der Waals surface area contributed by atoms with E-state index in [1.165, 1.54) is 24.0 Å². The fourth-order valence-corrected chi connectivity index (χ4v) is 3.23. The molecular weight excluding hydrogens is 324 g/mol. The Hall–Kier alpha value is -2.05. The molecule has 22 heavy (non-hydrogen) atoms. The zero-order valence-corrected chi connectivity index (χ0v) is 13.6. The highest BCUT2D eigenvalue weighted by Crippen LogP contribution is 2.27. The lowest BCUT2D eigenvalue weighted by molar-refractivity contribution is -0.116. The molecule has 0 saturated carbocycles. The maximum absolute atomic E-state index is 12.4. The monoisotopic (exact) mass is 338 g/mol. The molecule has 0 aromatic heterocycles. The van der Waals surface area contributed by atoms with Crippen LogP contribution in [-0.4, -0.2) is 21.4 Å². The van der Waals surface area contributed by atoms with Crippen LogP contribution in [0.4, 0.5) is 11.4 Å². The third-order valence-corrected chi connectivity index (χ3v) is 4.69. The molecular formula is C15H15ClN2O3S. The number of sulfonamides is 1. The number of para-hydroxylation sites is 2. The summed E-state index contributed by atoms with van der Waals surface area (Å²) in [6.45, 7) is 1.41. The van der Waals surface area contributed by atoms with Crippen molar-refractivity contribution in [3.63, 3.8) is 0 Å². The van der Waals surface area contributed by atoms with E-state index in [1.54, 1.807) is 43.4 Å². The number of carbonyl (C=O) groups is 1. The van der Waals surface area contributed by atoms with Crippen LogP contribution in [0.5, 0.6) is 0 Å². The third kappa shape index (κ3) is 3.58. The van der Waals surface area contributed by atoms with Crippen LogP contribution in [0, 0.1) is 0 Å². The predicted molar refractivity (Wildman–Crippen MR) is 87.8 cm³/mol. The van der Waals surface area contributed by atoms with E-state index < -0.39 is 10.0 Å². The number of carbonyl (C=O) groups excluding carboxylic acids is 1. The van der Waals surface area contributed by atoms with Crippen LogP contribution in [0.1, 0.15) is 6.92 Å². The van der Waals surface area contributed by atoms with E-state index in [-0.39, 0.29) is 10.8 Å². The Balaban J connectivity index is 2.41. The first kappa shape index (κ1) is 16.3. The van der Waals surface area contributed by atoms with Gasteiger partial charge in [0, 0.05) is 19.0 Å². The lowest BCUT2D eigenvalue weighted by Gasteiger charge is -2.19. The maximum Gasteiger partial charge on any atom is 0.262 e. The Labute approximate surface area is 134 Å². The van der Waals surface area contributed by atoms with E-state index in [0.717, 1.165) is 0 Å². The van der Waals surface area contributed by atoms with Gasteiger partial charge in [-0.3, -0.25) is 9.52 Å². The molecule has 7 heteroatoms. The van der Waals surface area contributed by atoms with Crippen molar-refractivity contribution in [3.05, 3.63) is 53.6 Å².